The number of hydrogen-bond acceptors (Lipinski definition) is 7. The number of hydrogen-bond donors (Lipinski definition) is 2. The molecule has 0 spiro atoms. The van der Waals surface area contributed by atoms with E-state index in [4.69, 9.17) is 9.52 Å². The molecular formula is C15H16N2O5S. The average Bonchev–Trinajstić information content (AvgIpc) is 3.07. The highest BCUT2D eigenvalue weighted by Crippen LogP contribution is 2.21. The molecule has 8 heteroatoms. The van der Waals surface area contributed by atoms with Gasteiger partial charge in [-0.1, -0.05) is 42.1 Å². The van der Waals surface area contributed by atoms with Crippen molar-refractivity contribution in [1.29, 1.82) is 0 Å². The van der Waals surface area contributed by atoms with Crippen LogP contribution in [0.4, 0.5) is 0 Å². The van der Waals surface area contributed by atoms with Gasteiger partial charge in [-0.3, -0.25) is 4.79 Å². The first-order valence-electron chi connectivity index (χ1n) is 6.76. The minimum absolute atomic E-state index is 0.0305. The molecule has 7 nitrogen and oxygen atoms in total. The van der Waals surface area contributed by atoms with Gasteiger partial charge in [-0.2, -0.15) is 4.98 Å². The van der Waals surface area contributed by atoms with Crippen molar-refractivity contribution in [3.63, 3.8) is 0 Å². The van der Waals surface area contributed by atoms with Crippen molar-refractivity contribution in [3.8, 4) is 0 Å². The minimum atomic E-state index is -1.13. The van der Waals surface area contributed by atoms with Crippen LogP contribution >= 0.6 is 11.8 Å². The predicted molar refractivity (Wildman–Crippen MR) is 82.9 cm³/mol. The average molecular weight is 336 g/mol. The van der Waals surface area contributed by atoms with Crippen LogP contribution < -0.4 is 5.32 Å². The quantitative estimate of drug-likeness (QED) is 0.579. The largest absolute Gasteiger partial charge is 0.467 e. The van der Waals surface area contributed by atoms with Crippen molar-refractivity contribution in [2.75, 3.05) is 13.7 Å². The third-order valence-electron chi connectivity index (χ3n) is 2.89. The van der Waals surface area contributed by atoms with Gasteiger partial charge in [0, 0.05) is 5.75 Å². The Balaban J connectivity index is 1.93. The lowest BCUT2D eigenvalue weighted by molar-refractivity contribution is -0.143. The number of benzene rings is 1. The fourth-order valence-electron chi connectivity index (χ4n) is 1.70. The van der Waals surface area contributed by atoms with Gasteiger partial charge in [0.2, 0.25) is 0 Å². The number of amides is 1. The maximum Gasteiger partial charge on any atom is 0.330 e. The number of oxazole rings is 1. The maximum atomic E-state index is 12.0. The number of aliphatic hydroxyl groups excluding tert-OH is 1. The van der Waals surface area contributed by atoms with E-state index in [1.54, 1.807) is 0 Å². The number of nitrogens with one attached hydrogen (secondary N) is 1. The lowest BCUT2D eigenvalue weighted by Crippen LogP contribution is -2.44. The van der Waals surface area contributed by atoms with Gasteiger partial charge in [-0.05, 0) is 5.56 Å². The smallest absolute Gasteiger partial charge is 0.330 e. The Morgan fingerprint density at radius 1 is 1.39 bits per heavy atom. The Labute approximate surface area is 137 Å². The molecule has 0 aliphatic heterocycles. The van der Waals surface area contributed by atoms with E-state index >= 15 is 0 Å². The van der Waals surface area contributed by atoms with Crippen LogP contribution in [0.2, 0.25) is 0 Å². The van der Waals surface area contributed by atoms with Crippen molar-refractivity contribution < 1.29 is 23.8 Å². The van der Waals surface area contributed by atoms with E-state index in [-0.39, 0.29) is 5.69 Å². The SMILES string of the molecule is COC(=O)[C@H](CO)NC(=O)c1coc(SCc2ccccc2)n1. The number of ether oxygens (including phenoxy) is 1. The predicted octanol–water partition coefficient (Wildman–Crippen LogP) is 1.23. The van der Waals surface area contributed by atoms with Gasteiger partial charge < -0.3 is 19.6 Å². The number of thioether (sulfide) groups is 1. The van der Waals surface area contributed by atoms with Crippen LogP contribution in [-0.4, -0.2) is 41.7 Å². The summed E-state index contributed by atoms with van der Waals surface area (Å²) in [6.07, 6.45) is 1.20. The van der Waals surface area contributed by atoms with Gasteiger partial charge in [0.15, 0.2) is 11.7 Å². The molecule has 122 valence electrons. The first-order valence-corrected chi connectivity index (χ1v) is 7.74. The van der Waals surface area contributed by atoms with E-state index in [9.17, 15) is 9.59 Å². The third-order valence-corrected chi connectivity index (χ3v) is 3.81. The molecule has 1 amide bonds. The minimum Gasteiger partial charge on any atom is -0.467 e. The molecule has 0 fully saturated rings. The topological polar surface area (TPSA) is 102 Å². The summed E-state index contributed by atoms with van der Waals surface area (Å²) in [7, 11) is 1.17. The van der Waals surface area contributed by atoms with E-state index in [0.29, 0.717) is 11.0 Å². The highest BCUT2D eigenvalue weighted by molar-refractivity contribution is 7.98. The van der Waals surface area contributed by atoms with E-state index in [1.807, 2.05) is 30.3 Å². The van der Waals surface area contributed by atoms with Crippen LogP contribution in [0, 0.1) is 0 Å². The maximum absolute atomic E-state index is 12.0. The Morgan fingerprint density at radius 3 is 2.78 bits per heavy atom. The summed E-state index contributed by atoms with van der Waals surface area (Å²) in [6, 6.07) is 8.63. The van der Waals surface area contributed by atoms with Crippen molar-refractivity contribution in [3.05, 3.63) is 47.9 Å². The third kappa shape index (κ3) is 4.83. The molecule has 2 rings (SSSR count). The van der Waals surface area contributed by atoms with Gasteiger partial charge in [-0.25, -0.2) is 4.79 Å². The van der Waals surface area contributed by atoms with Crippen molar-refractivity contribution >= 4 is 23.6 Å². The lowest BCUT2D eigenvalue weighted by atomic mass is 10.2. The second kappa shape index (κ2) is 8.35. The summed E-state index contributed by atoms with van der Waals surface area (Å²) >= 11 is 1.35. The number of methoxy groups -OCH3 is 1. The standard InChI is InChI=1S/C15H16N2O5S/c1-21-14(20)11(7-18)16-13(19)12-8-22-15(17-12)23-9-10-5-3-2-4-6-10/h2-6,8,11,18H,7,9H2,1H3,(H,16,19)/t11-/m0/s1. The second-order valence-corrected chi connectivity index (χ2v) is 5.43. The van der Waals surface area contributed by atoms with Crippen LogP contribution in [0.5, 0.6) is 0 Å². The Morgan fingerprint density at radius 2 is 2.13 bits per heavy atom. The zero-order valence-electron chi connectivity index (χ0n) is 12.4. The molecule has 0 unspecified atom stereocenters. The summed E-state index contributed by atoms with van der Waals surface area (Å²) in [5.74, 6) is -0.697. The molecule has 0 aliphatic carbocycles. The molecule has 1 aromatic heterocycles. The monoisotopic (exact) mass is 336 g/mol. The molecule has 0 saturated heterocycles. The molecular weight excluding hydrogens is 320 g/mol. The van der Waals surface area contributed by atoms with Gasteiger partial charge in [0.25, 0.3) is 11.1 Å². The van der Waals surface area contributed by atoms with Crippen LogP contribution in [0.15, 0.2) is 46.2 Å². The molecule has 1 heterocycles. The molecule has 0 saturated carbocycles. The number of aromatic nitrogens is 1. The molecule has 0 radical (unpaired) electrons. The van der Waals surface area contributed by atoms with Crippen LogP contribution in [0.3, 0.4) is 0 Å². The summed E-state index contributed by atoms with van der Waals surface area (Å²) in [5, 5.41) is 11.7. The normalized spacial score (nSPS) is 11.7. The molecule has 2 aromatic rings. The van der Waals surface area contributed by atoms with Crippen LogP contribution in [-0.2, 0) is 15.3 Å². The Kier molecular flexibility index (Phi) is 6.19. The molecule has 1 atom stereocenters. The van der Waals surface area contributed by atoms with Gasteiger partial charge in [0.1, 0.15) is 6.26 Å². The van der Waals surface area contributed by atoms with Gasteiger partial charge in [0.05, 0.1) is 13.7 Å². The number of nitrogens with zero attached hydrogens (tertiary/aromatic N) is 1. The van der Waals surface area contributed by atoms with E-state index in [0.717, 1.165) is 5.56 Å². The van der Waals surface area contributed by atoms with Gasteiger partial charge in [-0.15, -0.1) is 0 Å². The number of carbonyl (C=O) groups is 2. The van der Waals surface area contributed by atoms with E-state index < -0.39 is 24.5 Å². The van der Waals surface area contributed by atoms with Crippen LogP contribution in [0.25, 0.3) is 0 Å². The van der Waals surface area contributed by atoms with Crippen LogP contribution in [0.1, 0.15) is 16.1 Å². The Bertz CT molecular complexity index is 659. The summed E-state index contributed by atoms with van der Waals surface area (Å²) in [6.45, 7) is -0.564. The van der Waals surface area contributed by atoms with E-state index in [2.05, 4.69) is 15.0 Å². The first-order chi connectivity index (χ1) is 11.1. The zero-order chi connectivity index (χ0) is 16.7. The first kappa shape index (κ1) is 17.0. The number of aliphatic hydroxyl groups is 1. The summed E-state index contributed by atoms with van der Waals surface area (Å²) < 4.78 is 9.69. The van der Waals surface area contributed by atoms with Crippen molar-refractivity contribution in [2.24, 2.45) is 0 Å². The highest BCUT2D eigenvalue weighted by atomic mass is 32.2. The molecule has 1 aromatic carbocycles. The van der Waals surface area contributed by atoms with E-state index in [1.165, 1.54) is 25.1 Å². The highest BCUT2D eigenvalue weighted by Gasteiger charge is 2.23. The molecule has 0 aliphatic rings. The summed E-state index contributed by atoms with van der Waals surface area (Å²) in [4.78, 5) is 27.3. The molecule has 2 N–H and O–H groups in total. The molecule has 0 bridgehead atoms. The van der Waals surface area contributed by atoms with Crippen molar-refractivity contribution in [2.45, 2.75) is 17.0 Å². The van der Waals surface area contributed by atoms with Gasteiger partial charge >= 0.3 is 5.97 Å². The fourth-order valence-corrected chi connectivity index (χ4v) is 2.46. The second-order valence-electron chi connectivity index (χ2n) is 4.50. The summed E-state index contributed by atoms with van der Waals surface area (Å²) in [5.41, 5.74) is 1.13. The number of esters is 1. The zero-order valence-corrected chi connectivity index (χ0v) is 13.2. The number of carbonyl (C=O) groups excluding carboxylic acids is 2. The Hall–Kier alpha value is -2.32. The number of rotatable bonds is 7. The fraction of sp³-hybridized carbons (Fsp3) is 0.267. The molecule has 23 heavy (non-hydrogen) atoms. The lowest BCUT2D eigenvalue weighted by Gasteiger charge is -2.12. The van der Waals surface area contributed by atoms with Crippen molar-refractivity contribution in [1.82, 2.24) is 10.3 Å².